The summed E-state index contributed by atoms with van der Waals surface area (Å²) in [5, 5.41) is 6.53. The van der Waals surface area contributed by atoms with Crippen molar-refractivity contribution in [1.29, 1.82) is 0 Å². The van der Waals surface area contributed by atoms with Crippen molar-refractivity contribution in [2.45, 2.75) is 25.0 Å². The van der Waals surface area contributed by atoms with Crippen molar-refractivity contribution < 1.29 is 22.8 Å². The van der Waals surface area contributed by atoms with Gasteiger partial charge in [-0.2, -0.15) is 0 Å². The number of hydroxylamine groups is 2. The second-order valence-electron chi connectivity index (χ2n) is 5.78. The van der Waals surface area contributed by atoms with Crippen LogP contribution in [-0.2, 0) is 24.4 Å². The van der Waals surface area contributed by atoms with Crippen molar-refractivity contribution in [2.75, 3.05) is 13.2 Å². The molecule has 1 atom stereocenters. The van der Waals surface area contributed by atoms with Gasteiger partial charge < -0.3 is 9.57 Å². The van der Waals surface area contributed by atoms with E-state index < -0.39 is 16.3 Å². The Morgan fingerprint density at radius 2 is 1.67 bits per heavy atom. The van der Waals surface area contributed by atoms with Gasteiger partial charge in [0, 0.05) is 17.4 Å². The number of nitrogens with two attached hydrogens (primary N) is 1. The molecule has 0 saturated heterocycles. The Morgan fingerprint density at radius 3 is 2.22 bits per heavy atom. The van der Waals surface area contributed by atoms with E-state index in [1.807, 2.05) is 44.2 Å². The van der Waals surface area contributed by atoms with Crippen LogP contribution in [0.4, 0.5) is 0 Å². The van der Waals surface area contributed by atoms with Gasteiger partial charge in [0.1, 0.15) is 0 Å². The molecule has 3 rings (SSSR count). The summed E-state index contributed by atoms with van der Waals surface area (Å²) in [5.41, 5.74) is 2.36. The number of hydrogen-bond donors (Lipinski definition) is 1. The molecule has 1 aliphatic rings. The van der Waals surface area contributed by atoms with E-state index in [9.17, 15) is 8.42 Å². The molecule has 0 fully saturated rings. The van der Waals surface area contributed by atoms with Crippen LogP contribution in [0.25, 0.3) is 11.3 Å². The third kappa shape index (κ3) is 4.20. The van der Waals surface area contributed by atoms with Gasteiger partial charge in [0.15, 0.2) is 5.76 Å². The van der Waals surface area contributed by atoms with Crippen molar-refractivity contribution in [3.63, 3.8) is 0 Å². The van der Waals surface area contributed by atoms with E-state index in [1.165, 1.54) is 17.4 Å². The highest BCUT2D eigenvalue weighted by Gasteiger charge is 2.38. The monoisotopic (exact) mass is 390 g/mol. The molecule has 0 spiro atoms. The van der Waals surface area contributed by atoms with Gasteiger partial charge in [-0.05, 0) is 31.5 Å². The lowest BCUT2D eigenvalue weighted by Gasteiger charge is -2.22. The van der Waals surface area contributed by atoms with Crippen molar-refractivity contribution in [3.05, 3.63) is 65.7 Å². The minimum absolute atomic E-state index is 0.0432. The first-order chi connectivity index (χ1) is 13.0. The van der Waals surface area contributed by atoms with Gasteiger partial charge in [-0.15, -0.1) is 0 Å². The average molecular weight is 390 g/mol. The van der Waals surface area contributed by atoms with E-state index in [0.29, 0.717) is 19.0 Å². The van der Waals surface area contributed by atoms with E-state index in [0.717, 1.165) is 16.7 Å². The first-order valence-corrected chi connectivity index (χ1v) is 10.1. The number of hydrogen-bond acceptors (Lipinski definition) is 6. The Kier molecular flexibility index (Phi) is 5.93. The van der Waals surface area contributed by atoms with Crippen molar-refractivity contribution in [3.8, 4) is 0 Å². The predicted octanol–water partition coefficient (Wildman–Crippen LogP) is 2.76. The van der Waals surface area contributed by atoms with Gasteiger partial charge >= 0.3 is 0 Å². The van der Waals surface area contributed by atoms with Crippen molar-refractivity contribution >= 4 is 21.4 Å². The molecule has 1 unspecified atom stereocenters. The topological polar surface area (TPSA) is 91.1 Å². The highest BCUT2D eigenvalue weighted by Crippen LogP contribution is 2.40. The lowest BCUT2D eigenvalue weighted by Crippen LogP contribution is -2.33. The molecule has 2 aromatic rings. The highest BCUT2D eigenvalue weighted by molar-refractivity contribution is 7.89. The smallest absolute Gasteiger partial charge is 0.238 e. The highest BCUT2D eigenvalue weighted by atomic mass is 32.2. The second-order valence-corrected chi connectivity index (χ2v) is 7.34. The zero-order valence-corrected chi connectivity index (χ0v) is 16.0. The molecule has 144 valence electrons. The third-order valence-corrected chi connectivity index (χ3v) is 4.90. The van der Waals surface area contributed by atoms with Crippen LogP contribution in [0.2, 0.25) is 0 Å². The SMILES string of the molecule is CCOC1C(c2ccc(S(N)(=O)=O)cc2)=C(c2ccccc2)ON1OCC. The minimum atomic E-state index is -3.77. The molecular weight excluding hydrogens is 368 g/mol. The van der Waals surface area contributed by atoms with Crippen LogP contribution >= 0.6 is 0 Å². The number of nitrogens with zero attached hydrogens (tertiary/aromatic N) is 1. The van der Waals surface area contributed by atoms with E-state index in [-0.39, 0.29) is 4.90 Å². The number of benzene rings is 2. The first kappa shape index (κ1) is 19.5. The molecule has 0 saturated carbocycles. The maximum absolute atomic E-state index is 11.5. The summed E-state index contributed by atoms with van der Waals surface area (Å²) < 4.78 is 28.9. The van der Waals surface area contributed by atoms with Crippen LogP contribution < -0.4 is 5.14 Å². The Balaban J connectivity index is 2.11. The van der Waals surface area contributed by atoms with Gasteiger partial charge in [-0.3, -0.25) is 4.84 Å². The summed E-state index contributed by atoms with van der Waals surface area (Å²) in [6, 6.07) is 15.9. The molecule has 0 aromatic heterocycles. The van der Waals surface area contributed by atoms with Crippen LogP contribution in [-0.4, -0.2) is 33.1 Å². The van der Waals surface area contributed by atoms with Gasteiger partial charge in [0.25, 0.3) is 0 Å². The average Bonchev–Trinajstić information content (AvgIpc) is 3.01. The number of sulfonamides is 1. The molecule has 27 heavy (non-hydrogen) atoms. The Labute approximate surface area is 158 Å². The lowest BCUT2D eigenvalue weighted by atomic mass is 10.0. The van der Waals surface area contributed by atoms with Gasteiger partial charge in [-0.1, -0.05) is 42.5 Å². The molecule has 2 N–H and O–H groups in total. The van der Waals surface area contributed by atoms with E-state index >= 15 is 0 Å². The van der Waals surface area contributed by atoms with Crippen molar-refractivity contribution in [2.24, 2.45) is 5.14 Å². The summed E-state index contributed by atoms with van der Waals surface area (Å²) in [6.07, 6.45) is -0.592. The standard InChI is InChI=1S/C19H22N2O5S/c1-3-24-19-17(14-10-12-16(13-11-14)27(20,22)23)18(26-21(19)25-4-2)15-8-6-5-7-9-15/h5-13,19H,3-4H2,1-2H3,(H2,20,22,23). The molecule has 1 aliphatic heterocycles. The maximum atomic E-state index is 11.5. The zero-order chi connectivity index (χ0) is 19.4. The molecule has 0 aliphatic carbocycles. The summed E-state index contributed by atoms with van der Waals surface area (Å²) in [7, 11) is -3.77. The predicted molar refractivity (Wildman–Crippen MR) is 101 cm³/mol. The van der Waals surface area contributed by atoms with Crippen LogP contribution in [0.5, 0.6) is 0 Å². The Hall–Kier alpha value is -2.23. The number of rotatable bonds is 7. The largest absolute Gasteiger partial charge is 0.376 e. The number of primary sulfonamides is 1. The molecule has 1 heterocycles. The van der Waals surface area contributed by atoms with E-state index in [4.69, 9.17) is 19.6 Å². The van der Waals surface area contributed by atoms with Gasteiger partial charge in [0.05, 0.1) is 17.1 Å². The maximum Gasteiger partial charge on any atom is 0.238 e. The normalized spacial score (nSPS) is 18.0. The van der Waals surface area contributed by atoms with E-state index in [1.54, 1.807) is 12.1 Å². The summed E-state index contributed by atoms with van der Waals surface area (Å²) >= 11 is 0. The quantitative estimate of drug-likeness (QED) is 0.782. The Bertz CT molecular complexity index is 911. The molecule has 8 heteroatoms. The van der Waals surface area contributed by atoms with Crippen LogP contribution in [0.3, 0.4) is 0 Å². The van der Waals surface area contributed by atoms with Crippen LogP contribution in [0, 0.1) is 0 Å². The molecular formula is C19H22N2O5S. The second kappa shape index (κ2) is 8.20. The van der Waals surface area contributed by atoms with E-state index in [2.05, 4.69) is 0 Å². The summed E-state index contributed by atoms with van der Waals surface area (Å²) in [6.45, 7) is 4.58. The number of ether oxygens (including phenoxy) is 1. The molecule has 0 amide bonds. The molecule has 0 bridgehead atoms. The first-order valence-electron chi connectivity index (χ1n) is 8.60. The third-order valence-electron chi connectivity index (χ3n) is 3.98. The zero-order valence-electron chi connectivity index (χ0n) is 15.2. The summed E-state index contributed by atoms with van der Waals surface area (Å²) in [4.78, 5) is 11.6. The van der Waals surface area contributed by atoms with Gasteiger partial charge in [0.2, 0.25) is 16.3 Å². The Morgan fingerprint density at radius 1 is 1.00 bits per heavy atom. The summed E-state index contributed by atoms with van der Waals surface area (Å²) in [5.74, 6) is 0.589. The fourth-order valence-corrected chi connectivity index (χ4v) is 3.34. The molecule has 0 radical (unpaired) electrons. The molecule has 7 nitrogen and oxygen atoms in total. The van der Waals surface area contributed by atoms with Gasteiger partial charge in [-0.25, -0.2) is 13.6 Å². The fourth-order valence-electron chi connectivity index (χ4n) is 2.82. The minimum Gasteiger partial charge on any atom is -0.376 e. The van der Waals surface area contributed by atoms with Crippen LogP contribution in [0.15, 0.2) is 59.5 Å². The lowest BCUT2D eigenvalue weighted by molar-refractivity contribution is -0.370. The van der Waals surface area contributed by atoms with Crippen molar-refractivity contribution in [1.82, 2.24) is 5.23 Å². The molecule has 2 aromatic carbocycles. The van der Waals surface area contributed by atoms with Crippen LogP contribution in [0.1, 0.15) is 25.0 Å². The fraction of sp³-hybridized carbons (Fsp3) is 0.263.